The number of rotatable bonds is 3. The number of imide groups is 1. The Balaban J connectivity index is 1.69. The third-order valence-electron chi connectivity index (χ3n) is 4.51. The lowest BCUT2D eigenvalue weighted by Gasteiger charge is -2.19. The van der Waals surface area contributed by atoms with Crippen molar-refractivity contribution >= 4 is 22.9 Å². The number of para-hydroxylation sites is 1. The highest BCUT2D eigenvalue weighted by atomic mass is 16.6. The SMILES string of the molecule is O=C1OCC(Cc2ccccc2)N1C(=O)c1c[nH]c2ccccc2c1=O. The molecule has 1 fully saturated rings. The number of nitrogens with one attached hydrogen (secondary N) is 1. The molecule has 2 heterocycles. The van der Waals surface area contributed by atoms with Gasteiger partial charge in [-0.15, -0.1) is 0 Å². The number of aromatic amines is 1. The Kier molecular flexibility index (Phi) is 4.01. The topological polar surface area (TPSA) is 79.5 Å². The van der Waals surface area contributed by atoms with Gasteiger partial charge in [-0.05, 0) is 24.1 Å². The Bertz CT molecular complexity index is 1040. The number of cyclic esters (lactones) is 1. The largest absolute Gasteiger partial charge is 0.447 e. The lowest BCUT2D eigenvalue weighted by Crippen LogP contribution is -2.42. The van der Waals surface area contributed by atoms with E-state index in [0.29, 0.717) is 17.3 Å². The first-order chi connectivity index (χ1) is 12.6. The molecule has 2 aromatic carbocycles. The summed E-state index contributed by atoms with van der Waals surface area (Å²) >= 11 is 0. The van der Waals surface area contributed by atoms with Crippen molar-refractivity contribution in [1.82, 2.24) is 9.88 Å². The summed E-state index contributed by atoms with van der Waals surface area (Å²) in [6, 6.07) is 16.0. The highest BCUT2D eigenvalue weighted by molar-refractivity contribution is 6.05. The number of nitrogens with zero attached hydrogens (tertiary/aromatic N) is 1. The number of hydrogen-bond donors (Lipinski definition) is 1. The molecule has 1 unspecified atom stereocenters. The second kappa shape index (κ2) is 6.48. The molecular formula is C20H16N2O4. The molecule has 1 aliphatic rings. The summed E-state index contributed by atoms with van der Waals surface area (Å²) in [4.78, 5) is 41.7. The van der Waals surface area contributed by atoms with Gasteiger partial charge >= 0.3 is 6.09 Å². The van der Waals surface area contributed by atoms with E-state index in [2.05, 4.69) is 4.98 Å². The van der Waals surface area contributed by atoms with Crippen LogP contribution in [-0.2, 0) is 11.2 Å². The van der Waals surface area contributed by atoms with Crippen LogP contribution in [0.2, 0.25) is 0 Å². The zero-order chi connectivity index (χ0) is 18.1. The number of pyridine rings is 1. The minimum absolute atomic E-state index is 0.0689. The van der Waals surface area contributed by atoms with Gasteiger partial charge in [0.2, 0.25) is 5.43 Å². The van der Waals surface area contributed by atoms with Gasteiger partial charge in [-0.3, -0.25) is 9.59 Å². The molecule has 6 nitrogen and oxygen atoms in total. The summed E-state index contributed by atoms with van der Waals surface area (Å²) < 4.78 is 5.07. The van der Waals surface area contributed by atoms with Gasteiger partial charge in [-0.25, -0.2) is 9.69 Å². The average molecular weight is 348 g/mol. The van der Waals surface area contributed by atoms with Crippen LogP contribution in [0.5, 0.6) is 0 Å². The van der Waals surface area contributed by atoms with Crippen LogP contribution in [0.4, 0.5) is 4.79 Å². The molecule has 4 rings (SSSR count). The van der Waals surface area contributed by atoms with Crippen LogP contribution >= 0.6 is 0 Å². The number of ether oxygens (including phenoxy) is 1. The molecule has 1 saturated heterocycles. The van der Waals surface area contributed by atoms with Gasteiger partial charge < -0.3 is 9.72 Å². The summed E-state index contributed by atoms with van der Waals surface area (Å²) in [6.45, 7) is 0.116. The predicted octanol–water partition coefficient (Wildman–Crippen LogP) is 2.73. The lowest BCUT2D eigenvalue weighted by atomic mass is 10.0. The first-order valence-corrected chi connectivity index (χ1v) is 8.30. The fraction of sp³-hybridized carbons (Fsp3) is 0.150. The molecule has 2 amide bonds. The number of amides is 2. The molecule has 0 bridgehead atoms. The van der Waals surface area contributed by atoms with E-state index in [4.69, 9.17) is 4.74 Å². The normalized spacial score (nSPS) is 16.7. The zero-order valence-corrected chi connectivity index (χ0v) is 13.8. The van der Waals surface area contributed by atoms with Crippen molar-refractivity contribution < 1.29 is 14.3 Å². The van der Waals surface area contributed by atoms with Crippen molar-refractivity contribution in [2.75, 3.05) is 6.61 Å². The van der Waals surface area contributed by atoms with Crippen molar-refractivity contribution in [1.29, 1.82) is 0 Å². The van der Waals surface area contributed by atoms with Gasteiger partial charge in [0.15, 0.2) is 0 Å². The quantitative estimate of drug-likeness (QED) is 0.789. The highest BCUT2D eigenvalue weighted by Crippen LogP contribution is 2.20. The van der Waals surface area contributed by atoms with Gasteiger partial charge in [0.25, 0.3) is 5.91 Å². The number of carbonyl (C=O) groups is 2. The molecule has 3 aromatic rings. The van der Waals surface area contributed by atoms with Crippen LogP contribution in [0, 0.1) is 0 Å². The minimum atomic E-state index is -0.719. The van der Waals surface area contributed by atoms with Gasteiger partial charge in [0, 0.05) is 17.1 Å². The second-order valence-corrected chi connectivity index (χ2v) is 6.17. The third-order valence-corrected chi connectivity index (χ3v) is 4.51. The van der Waals surface area contributed by atoms with Crippen LogP contribution < -0.4 is 5.43 Å². The standard InChI is InChI=1S/C20H16N2O4/c23-18-15-8-4-5-9-17(15)21-11-16(18)19(24)22-14(12-26-20(22)25)10-13-6-2-1-3-7-13/h1-9,11,14H,10,12H2,(H,21,23). The first-order valence-electron chi connectivity index (χ1n) is 8.30. The van der Waals surface area contributed by atoms with Crippen molar-refractivity contribution in [3.05, 3.63) is 82.1 Å². The number of benzene rings is 2. The van der Waals surface area contributed by atoms with Crippen LogP contribution in [-0.4, -0.2) is 34.5 Å². The van der Waals surface area contributed by atoms with Crippen LogP contribution in [0.15, 0.2) is 65.6 Å². The Labute approximate surface area is 149 Å². The monoisotopic (exact) mass is 348 g/mol. The summed E-state index contributed by atoms with van der Waals surface area (Å²) in [5.41, 5.74) is 1.16. The van der Waals surface area contributed by atoms with E-state index in [0.717, 1.165) is 10.5 Å². The third kappa shape index (κ3) is 2.75. The molecule has 6 heteroatoms. The van der Waals surface area contributed by atoms with E-state index < -0.39 is 23.5 Å². The first kappa shape index (κ1) is 16.1. The van der Waals surface area contributed by atoms with Crippen molar-refractivity contribution in [3.8, 4) is 0 Å². The van der Waals surface area contributed by atoms with Gasteiger partial charge in [-0.2, -0.15) is 0 Å². The average Bonchev–Trinajstić information content (AvgIpc) is 3.03. The summed E-state index contributed by atoms with van der Waals surface area (Å²) in [5.74, 6) is -0.638. The maximum absolute atomic E-state index is 12.9. The Morgan fingerprint density at radius 3 is 2.62 bits per heavy atom. The zero-order valence-electron chi connectivity index (χ0n) is 13.8. The Morgan fingerprint density at radius 1 is 1.08 bits per heavy atom. The number of fused-ring (bicyclic) bond motifs is 1. The Morgan fingerprint density at radius 2 is 1.81 bits per heavy atom. The van der Waals surface area contributed by atoms with Crippen molar-refractivity contribution in [3.63, 3.8) is 0 Å². The summed E-state index contributed by atoms with van der Waals surface area (Å²) in [7, 11) is 0. The Hall–Kier alpha value is -3.41. The van der Waals surface area contributed by atoms with E-state index in [9.17, 15) is 14.4 Å². The smallest absolute Gasteiger partial charge is 0.417 e. The number of carbonyl (C=O) groups excluding carboxylic acids is 2. The van der Waals surface area contributed by atoms with E-state index in [1.54, 1.807) is 24.3 Å². The molecule has 0 aliphatic carbocycles. The van der Waals surface area contributed by atoms with Crippen molar-refractivity contribution in [2.24, 2.45) is 0 Å². The maximum Gasteiger partial charge on any atom is 0.417 e. The second-order valence-electron chi connectivity index (χ2n) is 6.17. The highest BCUT2D eigenvalue weighted by Gasteiger charge is 2.39. The molecule has 0 radical (unpaired) electrons. The molecule has 0 saturated carbocycles. The van der Waals surface area contributed by atoms with Crippen molar-refractivity contribution in [2.45, 2.75) is 12.5 Å². The molecule has 1 atom stereocenters. The molecule has 0 spiro atoms. The van der Waals surface area contributed by atoms with E-state index >= 15 is 0 Å². The van der Waals surface area contributed by atoms with E-state index in [1.807, 2.05) is 30.3 Å². The van der Waals surface area contributed by atoms with E-state index in [-0.39, 0.29) is 12.2 Å². The van der Waals surface area contributed by atoms with Crippen LogP contribution in [0.25, 0.3) is 10.9 Å². The number of aromatic nitrogens is 1. The van der Waals surface area contributed by atoms with E-state index in [1.165, 1.54) is 6.20 Å². The molecule has 26 heavy (non-hydrogen) atoms. The summed E-state index contributed by atoms with van der Waals surface area (Å²) in [6.07, 6.45) is 1.12. The lowest BCUT2D eigenvalue weighted by molar-refractivity contribution is 0.0773. The van der Waals surface area contributed by atoms with Gasteiger partial charge in [0.1, 0.15) is 12.2 Å². The van der Waals surface area contributed by atoms with Crippen LogP contribution in [0.3, 0.4) is 0 Å². The van der Waals surface area contributed by atoms with Gasteiger partial charge in [0.05, 0.1) is 6.04 Å². The molecule has 1 aromatic heterocycles. The summed E-state index contributed by atoms with van der Waals surface area (Å²) in [5, 5.41) is 0.408. The molecule has 130 valence electrons. The van der Waals surface area contributed by atoms with Gasteiger partial charge in [-0.1, -0.05) is 42.5 Å². The molecule has 1 aliphatic heterocycles. The minimum Gasteiger partial charge on any atom is -0.447 e. The fourth-order valence-electron chi connectivity index (χ4n) is 3.20. The number of H-pyrrole nitrogens is 1. The maximum atomic E-state index is 12.9. The number of hydrogen-bond acceptors (Lipinski definition) is 4. The molecule has 1 N–H and O–H groups in total. The van der Waals surface area contributed by atoms with Crippen LogP contribution in [0.1, 0.15) is 15.9 Å². The predicted molar refractivity (Wildman–Crippen MR) is 96.0 cm³/mol. The fourth-order valence-corrected chi connectivity index (χ4v) is 3.20. The molecular weight excluding hydrogens is 332 g/mol.